The van der Waals surface area contributed by atoms with Crippen LogP contribution in [0.4, 0.5) is 0 Å². The second kappa shape index (κ2) is 7.62. The molecule has 0 rings (SSSR count). The van der Waals surface area contributed by atoms with Crippen LogP contribution in [0, 0.1) is 0 Å². The molecule has 0 fully saturated rings. The lowest BCUT2D eigenvalue weighted by molar-refractivity contribution is -0.120. The van der Waals surface area contributed by atoms with E-state index in [0.29, 0.717) is 19.0 Å². The highest BCUT2D eigenvalue weighted by Gasteiger charge is 2.13. The molecule has 0 aliphatic carbocycles. The molecule has 0 bridgehead atoms. The van der Waals surface area contributed by atoms with Crippen molar-refractivity contribution < 1.29 is 13.2 Å². The van der Waals surface area contributed by atoms with Gasteiger partial charge >= 0.3 is 0 Å². The van der Waals surface area contributed by atoms with Crippen molar-refractivity contribution in [3.05, 3.63) is 0 Å². The number of carbonyl (C=O) groups is 1. The van der Waals surface area contributed by atoms with Crippen LogP contribution >= 0.6 is 0 Å². The van der Waals surface area contributed by atoms with Crippen LogP contribution in [0.15, 0.2) is 0 Å². The van der Waals surface area contributed by atoms with E-state index in [0.717, 1.165) is 4.31 Å². The van der Waals surface area contributed by atoms with Crippen molar-refractivity contribution in [3.63, 3.8) is 0 Å². The second-order valence-electron chi connectivity index (χ2n) is 4.31. The summed E-state index contributed by atoms with van der Waals surface area (Å²) in [4.78, 5) is 11.3. The number of amides is 1. The lowest BCUT2D eigenvalue weighted by Gasteiger charge is -2.12. The molecule has 0 atom stereocenters. The molecule has 0 saturated heterocycles. The Balaban J connectivity index is 3.72. The minimum Gasteiger partial charge on any atom is -0.355 e. The van der Waals surface area contributed by atoms with E-state index in [9.17, 15) is 13.2 Å². The van der Waals surface area contributed by atoms with E-state index in [1.54, 1.807) is 0 Å². The van der Waals surface area contributed by atoms with Crippen LogP contribution in [-0.4, -0.2) is 57.6 Å². The molecule has 0 heterocycles. The van der Waals surface area contributed by atoms with Crippen molar-refractivity contribution in [1.29, 1.82) is 0 Å². The highest BCUT2D eigenvalue weighted by molar-refractivity contribution is 7.89. The van der Waals surface area contributed by atoms with Crippen LogP contribution in [0.3, 0.4) is 0 Å². The molecule has 0 unspecified atom stereocenters. The summed E-state index contributed by atoms with van der Waals surface area (Å²) in [7, 11) is -0.273. The SMILES string of the molecule is CC(C)NCCC(=O)NCCS(=O)(=O)N(C)C. The third-order valence-electron chi connectivity index (χ3n) is 2.14. The van der Waals surface area contributed by atoms with Gasteiger partial charge in [0.25, 0.3) is 0 Å². The molecule has 7 heteroatoms. The van der Waals surface area contributed by atoms with E-state index >= 15 is 0 Å². The van der Waals surface area contributed by atoms with E-state index < -0.39 is 10.0 Å². The minimum atomic E-state index is -3.22. The Kier molecular flexibility index (Phi) is 7.33. The Labute approximate surface area is 104 Å². The first kappa shape index (κ1) is 16.3. The van der Waals surface area contributed by atoms with Gasteiger partial charge < -0.3 is 10.6 Å². The van der Waals surface area contributed by atoms with Gasteiger partial charge in [0, 0.05) is 39.6 Å². The lowest BCUT2D eigenvalue weighted by atomic mass is 10.3. The van der Waals surface area contributed by atoms with Gasteiger partial charge in [0.1, 0.15) is 0 Å². The molecule has 0 aromatic carbocycles. The largest absolute Gasteiger partial charge is 0.355 e. The molecule has 0 aliphatic rings. The van der Waals surface area contributed by atoms with E-state index in [2.05, 4.69) is 10.6 Å². The predicted octanol–water partition coefficient (Wildman–Crippen LogP) is -0.618. The summed E-state index contributed by atoms with van der Waals surface area (Å²) in [5.74, 6) is -0.198. The van der Waals surface area contributed by atoms with Gasteiger partial charge in [-0.3, -0.25) is 4.79 Å². The van der Waals surface area contributed by atoms with Crippen LogP contribution < -0.4 is 10.6 Å². The first-order valence-electron chi connectivity index (χ1n) is 5.66. The molecular weight excluding hydrogens is 242 g/mol. The molecule has 0 aromatic rings. The summed E-state index contributed by atoms with van der Waals surface area (Å²) in [5.41, 5.74) is 0. The fourth-order valence-electron chi connectivity index (χ4n) is 1.06. The third kappa shape index (κ3) is 8.12. The Bertz CT molecular complexity index is 326. The zero-order valence-corrected chi connectivity index (χ0v) is 11.8. The smallest absolute Gasteiger partial charge is 0.221 e. The third-order valence-corrected chi connectivity index (χ3v) is 3.98. The molecular formula is C10H23N3O3S. The predicted molar refractivity (Wildman–Crippen MR) is 68.2 cm³/mol. The Morgan fingerprint density at radius 2 is 1.82 bits per heavy atom. The van der Waals surface area contributed by atoms with E-state index in [4.69, 9.17) is 0 Å². The van der Waals surface area contributed by atoms with Gasteiger partial charge in [-0.1, -0.05) is 13.8 Å². The summed E-state index contributed by atoms with van der Waals surface area (Å²) in [5, 5.41) is 5.70. The van der Waals surface area contributed by atoms with E-state index in [1.165, 1.54) is 14.1 Å². The van der Waals surface area contributed by atoms with Crippen LogP contribution in [0.5, 0.6) is 0 Å². The summed E-state index contributed by atoms with van der Waals surface area (Å²) in [6.45, 7) is 4.76. The molecule has 2 N–H and O–H groups in total. The second-order valence-corrected chi connectivity index (χ2v) is 6.61. The van der Waals surface area contributed by atoms with Crippen molar-refractivity contribution in [2.24, 2.45) is 0 Å². The number of hydrogen-bond donors (Lipinski definition) is 2. The average molecular weight is 265 g/mol. The van der Waals surface area contributed by atoms with Gasteiger partial charge in [0.2, 0.25) is 15.9 Å². The average Bonchev–Trinajstić information content (AvgIpc) is 2.16. The van der Waals surface area contributed by atoms with E-state index in [-0.39, 0.29) is 18.2 Å². The van der Waals surface area contributed by atoms with Gasteiger partial charge in [-0.25, -0.2) is 12.7 Å². The van der Waals surface area contributed by atoms with Gasteiger partial charge in [-0.05, 0) is 0 Å². The summed E-state index contributed by atoms with van der Waals surface area (Å²) in [6, 6.07) is 0.344. The van der Waals surface area contributed by atoms with Crippen molar-refractivity contribution in [2.45, 2.75) is 26.3 Å². The highest BCUT2D eigenvalue weighted by atomic mass is 32.2. The van der Waals surface area contributed by atoms with Crippen molar-refractivity contribution >= 4 is 15.9 Å². The summed E-state index contributed by atoms with van der Waals surface area (Å²) in [6.07, 6.45) is 0.361. The zero-order valence-electron chi connectivity index (χ0n) is 11.0. The first-order chi connectivity index (χ1) is 7.75. The van der Waals surface area contributed by atoms with Crippen LogP contribution in [0.2, 0.25) is 0 Å². The maximum Gasteiger partial charge on any atom is 0.221 e. The Morgan fingerprint density at radius 1 is 1.24 bits per heavy atom. The maximum atomic E-state index is 11.4. The topological polar surface area (TPSA) is 78.5 Å². The van der Waals surface area contributed by atoms with Gasteiger partial charge in [-0.2, -0.15) is 0 Å². The number of rotatable bonds is 8. The summed E-state index contributed by atoms with van der Waals surface area (Å²) >= 11 is 0. The zero-order chi connectivity index (χ0) is 13.5. The molecule has 6 nitrogen and oxygen atoms in total. The van der Waals surface area contributed by atoms with Crippen LogP contribution in [0.1, 0.15) is 20.3 Å². The molecule has 1 amide bonds. The standard InChI is InChI=1S/C10H23N3O3S/c1-9(2)11-6-5-10(14)12-7-8-17(15,16)13(3)4/h9,11H,5-8H2,1-4H3,(H,12,14). The number of nitrogens with one attached hydrogen (secondary N) is 2. The molecule has 0 saturated carbocycles. The molecule has 17 heavy (non-hydrogen) atoms. The molecule has 0 aromatic heterocycles. The van der Waals surface area contributed by atoms with Gasteiger partial charge in [0.05, 0.1) is 5.75 Å². The molecule has 102 valence electrons. The Morgan fingerprint density at radius 3 is 2.29 bits per heavy atom. The fourth-order valence-corrected chi connectivity index (χ4v) is 1.79. The first-order valence-corrected chi connectivity index (χ1v) is 7.27. The van der Waals surface area contributed by atoms with Crippen molar-refractivity contribution in [2.75, 3.05) is 32.9 Å². The van der Waals surface area contributed by atoms with E-state index in [1.807, 2.05) is 13.8 Å². The molecule has 0 radical (unpaired) electrons. The fraction of sp³-hybridized carbons (Fsp3) is 0.900. The quantitative estimate of drug-likeness (QED) is 0.613. The number of carbonyl (C=O) groups excluding carboxylic acids is 1. The Hall–Kier alpha value is -0.660. The normalized spacial score (nSPS) is 12.1. The van der Waals surface area contributed by atoms with Crippen molar-refractivity contribution in [1.82, 2.24) is 14.9 Å². The number of sulfonamides is 1. The van der Waals surface area contributed by atoms with Crippen LogP contribution in [0.25, 0.3) is 0 Å². The van der Waals surface area contributed by atoms with Gasteiger partial charge in [0.15, 0.2) is 0 Å². The molecule has 0 aliphatic heterocycles. The minimum absolute atomic E-state index is 0.0661. The lowest BCUT2D eigenvalue weighted by Crippen LogP contribution is -2.35. The van der Waals surface area contributed by atoms with Gasteiger partial charge in [-0.15, -0.1) is 0 Å². The number of hydrogen-bond acceptors (Lipinski definition) is 4. The summed E-state index contributed by atoms with van der Waals surface area (Å²) < 4.78 is 23.9. The monoisotopic (exact) mass is 265 g/mol. The number of nitrogens with zero attached hydrogens (tertiary/aromatic N) is 1. The highest BCUT2D eigenvalue weighted by Crippen LogP contribution is 1.92. The maximum absolute atomic E-state index is 11.4. The van der Waals surface area contributed by atoms with Crippen LogP contribution in [-0.2, 0) is 14.8 Å². The molecule has 0 spiro atoms. The van der Waals surface area contributed by atoms with Crippen molar-refractivity contribution in [3.8, 4) is 0 Å².